The molecule has 0 spiro atoms. The van der Waals surface area contributed by atoms with Crippen molar-refractivity contribution in [2.24, 2.45) is 0 Å². The maximum atomic E-state index is 12.6. The minimum Gasteiger partial charge on any atom is -0.490 e. The molecule has 2 rings (SSSR count). The summed E-state index contributed by atoms with van der Waals surface area (Å²) in [6.45, 7) is 5.15. The summed E-state index contributed by atoms with van der Waals surface area (Å²) >= 11 is 0. The van der Waals surface area contributed by atoms with Crippen molar-refractivity contribution in [3.8, 4) is 11.5 Å². The Balaban J connectivity index is 2.47. The van der Waals surface area contributed by atoms with Crippen LogP contribution in [0.4, 0.5) is 0 Å². The zero-order valence-electron chi connectivity index (χ0n) is 14.7. The molecule has 0 aliphatic carbocycles. The summed E-state index contributed by atoms with van der Waals surface area (Å²) < 4.78 is 21.3. The van der Waals surface area contributed by atoms with Crippen LogP contribution in [0.1, 0.15) is 30.6 Å². The molecule has 0 radical (unpaired) electrons. The number of H-pyrrole nitrogens is 1. The van der Waals surface area contributed by atoms with E-state index in [4.69, 9.17) is 18.9 Å². The standard InChI is InChI=1S/C18H23NO6/c1-4-6-24-15-9-12-14(10-16(15)25-8-7-22-3)19-11-13(17(12)20)18(21)23-5-2/h9-11H,4-8H2,1-3H3,(H,19,20). The lowest BCUT2D eigenvalue weighted by atomic mass is 10.1. The Morgan fingerprint density at radius 2 is 1.80 bits per heavy atom. The van der Waals surface area contributed by atoms with E-state index in [0.29, 0.717) is 42.2 Å². The highest BCUT2D eigenvalue weighted by Crippen LogP contribution is 2.31. The average molecular weight is 349 g/mol. The highest BCUT2D eigenvalue weighted by atomic mass is 16.5. The number of pyridine rings is 1. The number of carbonyl (C=O) groups excluding carboxylic acids is 1. The van der Waals surface area contributed by atoms with Crippen LogP contribution in [0.25, 0.3) is 10.9 Å². The highest BCUT2D eigenvalue weighted by molar-refractivity contribution is 5.94. The predicted octanol–water partition coefficient (Wildman–Crippen LogP) is 2.52. The Kier molecular flexibility index (Phi) is 6.82. The summed E-state index contributed by atoms with van der Waals surface area (Å²) in [7, 11) is 1.59. The van der Waals surface area contributed by atoms with E-state index < -0.39 is 11.4 Å². The predicted molar refractivity (Wildman–Crippen MR) is 93.7 cm³/mol. The van der Waals surface area contributed by atoms with Crippen LogP contribution >= 0.6 is 0 Å². The number of esters is 1. The first kappa shape index (κ1) is 18.8. The number of hydrogen-bond acceptors (Lipinski definition) is 6. The second kappa shape index (κ2) is 9.08. The van der Waals surface area contributed by atoms with Crippen molar-refractivity contribution < 1.29 is 23.7 Å². The topological polar surface area (TPSA) is 86.9 Å². The number of aromatic nitrogens is 1. The van der Waals surface area contributed by atoms with Gasteiger partial charge in [0.2, 0.25) is 5.43 Å². The van der Waals surface area contributed by atoms with Crippen LogP contribution in [-0.4, -0.2) is 44.5 Å². The van der Waals surface area contributed by atoms with Gasteiger partial charge in [-0.05, 0) is 19.4 Å². The largest absolute Gasteiger partial charge is 0.490 e. The normalized spacial score (nSPS) is 10.7. The molecule has 0 aliphatic rings. The molecule has 0 amide bonds. The molecule has 0 bridgehead atoms. The van der Waals surface area contributed by atoms with Crippen molar-refractivity contribution >= 4 is 16.9 Å². The number of fused-ring (bicyclic) bond motifs is 1. The second-order valence-corrected chi connectivity index (χ2v) is 5.29. The molecule has 136 valence electrons. The molecule has 25 heavy (non-hydrogen) atoms. The Morgan fingerprint density at radius 3 is 2.48 bits per heavy atom. The number of hydrogen-bond donors (Lipinski definition) is 1. The van der Waals surface area contributed by atoms with Gasteiger partial charge in [-0.25, -0.2) is 4.79 Å². The van der Waals surface area contributed by atoms with Crippen molar-refractivity contribution in [3.05, 3.63) is 34.1 Å². The molecule has 2 aromatic rings. The van der Waals surface area contributed by atoms with Gasteiger partial charge in [-0.1, -0.05) is 6.92 Å². The molecule has 0 aliphatic heterocycles. The zero-order valence-corrected chi connectivity index (χ0v) is 14.7. The number of rotatable bonds is 9. The Morgan fingerprint density at radius 1 is 1.08 bits per heavy atom. The third-order valence-electron chi connectivity index (χ3n) is 3.45. The number of ether oxygens (including phenoxy) is 4. The van der Waals surface area contributed by atoms with E-state index in [1.54, 1.807) is 26.2 Å². The maximum absolute atomic E-state index is 12.6. The molecule has 1 aromatic carbocycles. The first-order valence-electron chi connectivity index (χ1n) is 8.23. The van der Waals surface area contributed by atoms with Gasteiger partial charge in [-0.15, -0.1) is 0 Å². The lowest BCUT2D eigenvalue weighted by Gasteiger charge is -2.14. The fourth-order valence-corrected chi connectivity index (χ4v) is 2.26. The van der Waals surface area contributed by atoms with E-state index >= 15 is 0 Å². The van der Waals surface area contributed by atoms with Crippen LogP contribution in [0.15, 0.2) is 23.1 Å². The molecule has 7 heteroatoms. The van der Waals surface area contributed by atoms with Crippen molar-refractivity contribution in [3.63, 3.8) is 0 Å². The number of aromatic amines is 1. The minimum absolute atomic E-state index is 0.0381. The molecule has 0 unspecified atom stereocenters. The van der Waals surface area contributed by atoms with Gasteiger partial charge < -0.3 is 23.9 Å². The van der Waals surface area contributed by atoms with E-state index in [0.717, 1.165) is 6.42 Å². The Labute approximate surface area is 145 Å². The number of carbonyl (C=O) groups is 1. The molecule has 0 fully saturated rings. The van der Waals surface area contributed by atoms with Crippen molar-refractivity contribution in [1.82, 2.24) is 4.98 Å². The summed E-state index contributed by atoms with van der Waals surface area (Å²) in [5, 5.41) is 0.343. The van der Waals surface area contributed by atoms with E-state index in [-0.39, 0.29) is 12.2 Å². The first-order valence-corrected chi connectivity index (χ1v) is 8.23. The Bertz CT molecular complexity index is 783. The number of nitrogens with one attached hydrogen (secondary N) is 1. The molecular formula is C18H23NO6. The van der Waals surface area contributed by atoms with Crippen molar-refractivity contribution in [1.29, 1.82) is 0 Å². The highest BCUT2D eigenvalue weighted by Gasteiger charge is 2.17. The average Bonchev–Trinajstić information content (AvgIpc) is 2.61. The van der Waals surface area contributed by atoms with Crippen LogP contribution in [0, 0.1) is 0 Å². The van der Waals surface area contributed by atoms with E-state index in [1.807, 2.05) is 6.92 Å². The van der Waals surface area contributed by atoms with Gasteiger partial charge >= 0.3 is 5.97 Å². The van der Waals surface area contributed by atoms with Crippen molar-refractivity contribution in [2.75, 3.05) is 33.5 Å². The smallest absolute Gasteiger partial charge is 0.343 e. The number of methoxy groups -OCH3 is 1. The van der Waals surface area contributed by atoms with Gasteiger partial charge in [0, 0.05) is 19.4 Å². The minimum atomic E-state index is -0.651. The van der Waals surface area contributed by atoms with Crippen LogP contribution in [0.5, 0.6) is 11.5 Å². The second-order valence-electron chi connectivity index (χ2n) is 5.29. The molecule has 0 saturated carbocycles. The maximum Gasteiger partial charge on any atom is 0.343 e. The molecular weight excluding hydrogens is 326 g/mol. The van der Waals surface area contributed by atoms with Crippen LogP contribution in [0.2, 0.25) is 0 Å². The fraction of sp³-hybridized carbons (Fsp3) is 0.444. The molecule has 1 aromatic heterocycles. The van der Waals surface area contributed by atoms with Crippen molar-refractivity contribution in [2.45, 2.75) is 20.3 Å². The first-order chi connectivity index (χ1) is 12.1. The van der Waals surface area contributed by atoms with Crippen LogP contribution in [0.3, 0.4) is 0 Å². The number of benzene rings is 1. The zero-order chi connectivity index (χ0) is 18.2. The molecule has 0 saturated heterocycles. The summed E-state index contributed by atoms with van der Waals surface area (Å²) in [5.41, 5.74) is 0.107. The Hall–Kier alpha value is -2.54. The van der Waals surface area contributed by atoms with Gasteiger partial charge in [0.15, 0.2) is 11.5 Å². The van der Waals surface area contributed by atoms with Gasteiger partial charge in [0.1, 0.15) is 12.2 Å². The molecule has 7 nitrogen and oxygen atoms in total. The molecule has 1 N–H and O–H groups in total. The van der Waals surface area contributed by atoms with E-state index in [2.05, 4.69) is 4.98 Å². The van der Waals surface area contributed by atoms with E-state index in [1.165, 1.54) is 6.20 Å². The molecule has 1 heterocycles. The monoisotopic (exact) mass is 349 g/mol. The lowest BCUT2D eigenvalue weighted by molar-refractivity contribution is 0.0524. The third kappa shape index (κ3) is 4.51. The van der Waals surface area contributed by atoms with Crippen LogP contribution < -0.4 is 14.9 Å². The van der Waals surface area contributed by atoms with E-state index in [9.17, 15) is 9.59 Å². The van der Waals surface area contributed by atoms with Gasteiger partial charge in [-0.3, -0.25) is 4.79 Å². The van der Waals surface area contributed by atoms with Crippen LogP contribution in [-0.2, 0) is 9.47 Å². The summed E-state index contributed by atoms with van der Waals surface area (Å²) in [4.78, 5) is 27.4. The SMILES string of the molecule is CCCOc1cc2c(=O)c(C(=O)OCC)c[nH]c2cc1OCCOC. The quantitative estimate of drug-likeness (QED) is 0.553. The lowest BCUT2D eigenvalue weighted by Crippen LogP contribution is -2.18. The fourth-order valence-electron chi connectivity index (χ4n) is 2.26. The third-order valence-corrected chi connectivity index (χ3v) is 3.45. The van der Waals surface area contributed by atoms with Gasteiger partial charge in [0.25, 0.3) is 0 Å². The summed E-state index contributed by atoms with van der Waals surface area (Å²) in [6.07, 6.45) is 2.17. The van der Waals surface area contributed by atoms with Gasteiger partial charge in [-0.2, -0.15) is 0 Å². The van der Waals surface area contributed by atoms with Gasteiger partial charge in [0.05, 0.1) is 30.7 Å². The summed E-state index contributed by atoms with van der Waals surface area (Å²) in [6, 6.07) is 3.28. The molecule has 0 atom stereocenters. The summed E-state index contributed by atoms with van der Waals surface area (Å²) in [5.74, 6) is 0.316.